The minimum absolute atomic E-state index is 0.0568. The molecule has 0 spiro atoms. The maximum atomic E-state index is 13.1. The molecule has 0 aliphatic carbocycles. The number of hydrogen-bond acceptors (Lipinski definition) is 2. The number of para-hydroxylation sites is 1. The van der Waals surface area contributed by atoms with Gasteiger partial charge < -0.3 is 0 Å². The quantitative estimate of drug-likeness (QED) is 0.466. The van der Waals surface area contributed by atoms with Crippen molar-refractivity contribution in [3.63, 3.8) is 0 Å². The monoisotopic (exact) mass is 351 g/mol. The van der Waals surface area contributed by atoms with E-state index in [9.17, 15) is 4.79 Å². The van der Waals surface area contributed by atoms with E-state index in [1.165, 1.54) is 5.56 Å². The third-order valence-electron chi connectivity index (χ3n) is 4.84. The number of rotatable bonds is 2. The Morgan fingerprint density at radius 2 is 1.52 bits per heavy atom. The zero-order valence-corrected chi connectivity index (χ0v) is 14.8. The molecule has 27 heavy (non-hydrogen) atoms. The van der Waals surface area contributed by atoms with E-state index in [0.29, 0.717) is 16.7 Å². The topological polar surface area (TPSA) is 39.3 Å². The summed E-state index contributed by atoms with van der Waals surface area (Å²) in [7, 11) is 0. The molecule has 0 fully saturated rings. The molecule has 4 nitrogen and oxygen atoms in total. The van der Waals surface area contributed by atoms with Crippen LogP contribution in [0.25, 0.3) is 33.6 Å². The number of nitrogens with zero attached hydrogens (tertiary/aromatic N) is 3. The number of aromatic nitrogens is 3. The van der Waals surface area contributed by atoms with Crippen LogP contribution < -0.4 is 5.56 Å². The van der Waals surface area contributed by atoms with Crippen LogP contribution in [-0.2, 0) is 0 Å². The molecule has 2 heterocycles. The molecule has 0 radical (unpaired) electrons. The lowest BCUT2D eigenvalue weighted by atomic mass is 10.1. The van der Waals surface area contributed by atoms with Crippen LogP contribution >= 0.6 is 0 Å². The van der Waals surface area contributed by atoms with Gasteiger partial charge in [0, 0.05) is 17.4 Å². The van der Waals surface area contributed by atoms with E-state index in [-0.39, 0.29) is 5.56 Å². The summed E-state index contributed by atoms with van der Waals surface area (Å²) in [6.07, 6.45) is 1.88. The summed E-state index contributed by atoms with van der Waals surface area (Å²) in [6.45, 7) is 2.06. The van der Waals surface area contributed by atoms with Gasteiger partial charge in [-0.05, 0) is 31.2 Å². The Labute approximate surface area is 156 Å². The average molecular weight is 351 g/mol. The second-order valence-corrected chi connectivity index (χ2v) is 6.66. The van der Waals surface area contributed by atoms with Crippen LogP contribution in [-0.4, -0.2) is 14.0 Å². The van der Waals surface area contributed by atoms with Crippen molar-refractivity contribution in [1.82, 2.24) is 14.0 Å². The Bertz CT molecular complexity index is 1330. The van der Waals surface area contributed by atoms with Gasteiger partial charge in [0.1, 0.15) is 0 Å². The fourth-order valence-corrected chi connectivity index (χ4v) is 3.46. The van der Waals surface area contributed by atoms with E-state index in [1.807, 2.05) is 65.4 Å². The maximum absolute atomic E-state index is 13.1. The Kier molecular flexibility index (Phi) is 3.44. The lowest BCUT2D eigenvalue weighted by molar-refractivity contribution is 1.03. The molecule has 0 saturated heterocycles. The van der Waals surface area contributed by atoms with E-state index >= 15 is 0 Å². The smallest absolute Gasteiger partial charge is 0.266 e. The molecular weight excluding hydrogens is 334 g/mol. The average Bonchev–Trinajstić information content (AvgIpc) is 3.09. The van der Waals surface area contributed by atoms with Crippen molar-refractivity contribution >= 4 is 16.7 Å². The molecular formula is C23H17N3O. The van der Waals surface area contributed by atoms with Gasteiger partial charge in [0.25, 0.3) is 5.56 Å². The van der Waals surface area contributed by atoms with E-state index < -0.39 is 0 Å². The molecule has 0 aliphatic heterocycles. The van der Waals surface area contributed by atoms with Crippen LogP contribution in [0.5, 0.6) is 0 Å². The van der Waals surface area contributed by atoms with Crippen LogP contribution in [0.1, 0.15) is 5.56 Å². The van der Waals surface area contributed by atoms with Crippen molar-refractivity contribution in [2.75, 3.05) is 0 Å². The summed E-state index contributed by atoms with van der Waals surface area (Å²) in [5, 5.41) is 0.621. The third-order valence-corrected chi connectivity index (χ3v) is 4.84. The van der Waals surface area contributed by atoms with Gasteiger partial charge >= 0.3 is 0 Å². The van der Waals surface area contributed by atoms with E-state index in [2.05, 4.69) is 31.2 Å². The van der Waals surface area contributed by atoms with Crippen molar-refractivity contribution < 1.29 is 0 Å². The minimum Gasteiger partial charge on any atom is -0.278 e. The highest BCUT2D eigenvalue weighted by atomic mass is 16.1. The first kappa shape index (κ1) is 15.6. The molecule has 0 aliphatic rings. The molecule has 2 aromatic heterocycles. The molecule has 4 heteroatoms. The lowest BCUT2D eigenvalue weighted by Crippen LogP contribution is -2.14. The Morgan fingerprint density at radius 3 is 2.30 bits per heavy atom. The second kappa shape index (κ2) is 5.95. The summed E-state index contributed by atoms with van der Waals surface area (Å²) < 4.78 is 3.69. The Morgan fingerprint density at radius 1 is 0.815 bits per heavy atom. The predicted molar refractivity (Wildman–Crippen MR) is 108 cm³/mol. The molecule has 5 rings (SSSR count). The van der Waals surface area contributed by atoms with E-state index in [1.54, 1.807) is 4.40 Å². The third kappa shape index (κ3) is 2.46. The first-order valence-corrected chi connectivity index (χ1v) is 8.88. The molecule has 3 aromatic carbocycles. The number of fused-ring (bicyclic) bond motifs is 2. The molecule has 0 amide bonds. The highest BCUT2D eigenvalue weighted by molar-refractivity contribution is 5.80. The van der Waals surface area contributed by atoms with Crippen molar-refractivity contribution in [2.45, 2.75) is 6.92 Å². The number of imidazole rings is 1. The summed E-state index contributed by atoms with van der Waals surface area (Å²) in [5.41, 5.74) is 4.77. The molecule has 0 bridgehead atoms. The van der Waals surface area contributed by atoms with Crippen LogP contribution in [0.15, 0.2) is 89.9 Å². The van der Waals surface area contributed by atoms with Crippen molar-refractivity contribution in [3.8, 4) is 16.9 Å². The van der Waals surface area contributed by atoms with Gasteiger partial charge in [-0.1, -0.05) is 60.2 Å². The first-order valence-electron chi connectivity index (χ1n) is 8.88. The van der Waals surface area contributed by atoms with Gasteiger partial charge in [0.05, 0.1) is 16.6 Å². The van der Waals surface area contributed by atoms with Gasteiger partial charge in [-0.2, -0.15) is 0 Å². The number of hydrogen-bond donors (Lipinski definition) is 0. The van der Waals surface area contributed by atoms with E-state index in [0.717, 1.165) is 16.9 Å². The van der Waals surface area contributed by atoms with Gasteiger partial charge in [-0.25, -0.2) is 4.98 Å². The lowest BCUT2D eigenvalue weighted by Gasteiger charge is -2.10. The van der Waals surface area contributed by atoms with Crippen molar-refractivity contribution in [3.05, 3.63) is 101 Å². The molecule has 0 N–H and O–H groups in total. The summed E-state index contributed by atoms with van der Waals surface area (Å²) in [6, 6.07) is 25.8. The van der Waals surface area contributed by atoms with Crippen LogP contribution in [0.4, 0.5) is 0 Å². The molecule has 5 aromatic rings. The molecule has 130 valence electrons. The molecule has 0 unspecified atom stereocenters. The van der Waals surface area contributed by atoms with Crippen LogP contribution in [0.2, 0.25) is 0 Å². The fourth-order valence-electron chi connectivity index (χ4n) is 3.46. The standard InChI is InChI=1S/C23H17N3O/c1-16-11-13-18(14-12-16)26-21(17-7-3-2-4-8-17)15-25-22(27)19-9-5-6-10-20(19)24-23(25)26/h2-15H,1H3. The minimum atomic E-state index is -0.0568. The highest BCUT2D eigenvalue weighted by Gasteiger charge is 2.16. The predicted octanol–water partition coefficient (Wildman–Crippen LogP) is 4.61. The zero-order valence-electron chi connectivity index (χ0n) is 14.8. The summed E-state index contributed by atoms with van der Waals surface area (Å²) >= 11 is 0. The summed E-state index contributed by atoms with van der Waals surface area (Å²) in [5.74, 6) is 0.612. The molecule has 0 atom stereocenters. The van der Waals surface area contributed by atoms with Gasteiger partial charge in [-0.15, -0.1) is 0 Å². The van der Waals surface area contributed by atoms with Gasteiger partial charge in [-0.3, -0.25) is 13.8 Å². The van der Waals surface area contributed by atoms with Crippen molar-refractivity contribution in [1.29, 1.82) is 0 Å². The number of benzene rings is 3. The van der Waals surface area contributed by atoms with Crippen molar-refractivity contribution in [2.24, 2.45) is 0 Å². The SMILES string of the molecule is Cc1ccc(-n2c(-c3ccccc3)cn3c(=O)c4ccccc4nc23)cc1. The zero-order chi connectivity index (χ0) is 18.4. The molecule has 0 saturated carbocycles. The second-order valence-electron chi connectivity index (χ2n) is 6.66. The number of aryl methyl sites for hydroxylation is 1. The van der Waals surface area contributed by atoms with Gasteiger partial charge in [0.2, 0.25) is 5.78 Å². The summed E-state index contributed by atoms with van der Waals surface area (Å²) in [4.78, 5) is 17.9. The largest absolute Gasteiger partial charge is 0.278 e. The van der Waals surface area contributed by atoms with Gasteiger partial charge in [0.15, 0.2) is 0 Å². The van der Waals surface area contributed by atoms with E-state index in [4.69, 9.17) is 4.98 Å². The normalized spacial score (nSPS) is 11.3. The van der Waals surface area contributed by atoms with Crippen LogP contribution in [0, 0.1) is 6.92 Å². The Balaban J connectivity index is 1.94. The van der Waals surface area contributed by atoms with Crippen LogP contribution in [0.3, 0.4) is 0 Å². The maximum Gasteiger partial charge on any atom is 0.266 e. The Hall–Kier alpha value is -3.66. The fraction of sp³-hybridized carbons (Fsp3) is 0.0435. The highest BCUT2D eigenvalue weighted by Crippen LogP contribution is 2.26. The first-order chi connectivity index (χ1) is 13.2.